The predicted octanol–water partition coefficient (Wildman–Crippen LogP) is 4.20. The predicted molar refractivity (Wildman–Crippen MR) is 107 cm³/mol. The van der Waals surface area contributed by atoms with Crippen LogP contribution in [-0.4, -0.2) is 22.1 Å². The lowest BCUT2D eigenvalue weighted by molar-refractivity contribution is 0.414. The monoisotopic (exact) mass is 367 g/mol. The summed E-state index contributed by atoms with van der Waals surface area (Å²) < 4.78 is 5.27. The Hall–Kier alpha value is -2.80. The van der Waals surface area contributed by atoms with Crippen molar-refractivity contribution >= 4 is 29.3 Å². The molecule has 1 unspecified atom stereocenters. The van der Waals surface area contributed by atoms with Gasteiger partial charge in [-0.3, -0.25) is 0 Å². The topological polar surface area (TPSA) is 86.0 Å². The maximum atomic E-state index is 5.87. The Morgan fingerprint density at radius 3 is 2.65 bits per heavy atom. The van der Waals surface area contributed by atoms with E-state index in [0.29, 0.717) is 11.8 Å². The van der Waals surface area contributed by atoms with E-state index in [4.69, 9.17) is 10.5 Å². The van der Waals surface area contributed by atoms with Crippen LogP contribution in [0.15, 0.2) is 54.6 Å². The highest BCUT2D eigenvalue weighted by Crippen LogP contribution is 2.30. The quantitative estimate of drug-likeness (QED) is 0.647. The van der Waals surface area contributed by atoms with E-state index in [9.17, 15) is 0 Å². The number of nitrogens with two attached hydrogens (primary N) is 1. The number of rotatable bonds is 7. The number of hydrogen-bond donors (Lipinski definition) is 2. The molecule has 1 heterocycles. The van der Waals surface area contributed by atoms with Crippen LogP contribution in [0, 0.1) is 0 Å². The smallest absolute Gasteiger partial charge is 0.232 e. The molecule has 0 amide bonds. The van der Waals surface area contributed by atoms with Gasteiger partial charge in [0.05, 0.1) is 12.4 Å². The van der Waals surface area contributed by atoms with Gasteiger partial charge in [0.1, 0.15) is 11.6 Å². The van der Waals surface area contributed by atoms with Gasteiger partial charge in [0.25, 0.3) is 0 Å². The summed E-state index contributed by atoms with van der Waals surface area (Å²) in [5, 5.41) is 3.23. The Balaban J connectivity index is 1.69. The zero-order valence-corrected chi connectivity index (χ0v) is 15.5. The molecule has 0 aliphatic rings. The van der Waals surface area contributed by atoms with Gasteiger partial charge in [0, 0.05) is 11.4 Å². The second-order valence-corrected chi connectivity index (χ2v) is 7.00. The maximum Gasteiger partial charge on any atom is 0.232 e. The average molecular weight is 367 g/mol. The molecule has 2 aromatic carbocycles. The first-order valence-electron chi connectivity index (χ1n) is 8.22. The number of hydrogen-bond acceptors (Lipinski definition) is 7. The Kier molecular flexibility index (Phi) is 5.91. The molecule has 0 spiro atoms. The zero-order valence-electron chi connectivity index (χ0n) is 14.7. The summed E-state index contributed by atoms with van der Waals surface area (Å²) in [5.41, 5.74) is 7.96. The Labute approximate surface area is 157 Å². The lowest BCUT2D eigenvalue weighted by Gasteiger charge is -2.12. The molecule has 3 N–H and O–H groups in total. The third-order valence-corrected chi connectivity index (χ3v) is 4.91. The van der Waals surface area contributed by atoms with Crippen LogP contribution in [0.1, 0.15) is 23.6 Å². The number of nitrogen functional groups attached to an aromatic ring is 1. The third kappa shape index (κ3) is 4.86. The molecule has 6 nitrogen and oxygen atoms in total. The van der Waals surface area contributed by atoms with Crippen LogP contribution in [0.2, 0.25) is 0 Å². The van der Waals surface area contributed by atoms with Crippen LogP contribution in [0.4, 0.5) is 17.6 Å². The molecule has 0 fully saturated rings. The number of para-hydroxylation sites is 1. The lowest BCUT2D eigenvalue weighted by Crippen LogP contribution is -2.08. The van der Waals surface area contributed by atoms with E-state index >= 15 is 0 Å². The van der Waals surface area contributed by atoms with Gasteiger partial charge in [0.15, 0.2) is 0 Å². The lowest BCUT2D eigenvalue weighted by atomic mass is 10.2. The fourth-order valence-electron chi connectivity index (χ4n) is 2.36. The Bertz CT molecular complexity index is 860. The summed E-state index contributed by atoms with van der Waals surface area (Å²) in [4.78, 5) is 13.0. The van der Waals surface area contributed by atoms with E-state index in [2.05, 4.69) is 33.3 Å². The summed E-state index contributed by atoms with van der Waals surface area (Å²) in [6.07, 6.45) is 0. The van der Waals surface area contributed by atoms with Gasteiger partial charge in [-0.05, 0) is 36.8 Å². The van der Waals surface area contributed by atoms with E-state index in [0.717, 1.165) is 17.2 Å². The largest absolute Gasteiger partial charge is 0.497 e. The molecule has 1 aromatic heterocycles. The molecule has 0 saturated heterocycles. The highest BCUT2D eigenvalue weighted by molar-refractivity contribution is 7.98. The molecule has 3 aromatic rings. The first-order chi connectivity index (χ1) is 12.6. The van der Waals surface area contributed by atoms with Crippen molar-refractivity contribution in [3.05, 3.63) is 66.0 Å². The number of aromatic nitrogens is 3. The van der Waals surface area contributed by atoms with E-state index < -0.39 is 0 Å². The molecule has 0 aliphatic heterocycles. The van der Waals surface area contributed by atoms with E-state index in [1.165, 1.54) is 5.56 Å². The minimum atomic E-state index is 0.0721. The molecule has 0 radical (unpaired) electrons. The van der Waals surface area contributed by atoms with Crippen LogP contribution in [-0.2, 0) is 5.75 Å². The summed E-state index contributed by atoms with van der Waals surface area (Å²) in [7, 11) is 1.67. The van der Waals surface area contributed by atoms with Crippen LogP contribution >= 0.6 is 11.8 Å². The summed E-state index contributed by atoms with van der Waals surface area (Å²) in [5.74, 6) is 3.00. The molecule has 0 bridgehead atoms. The van der Waals surface area contributed by atoms with Crippen LogP contribution in [0.25, 0.3) is 0 Å². The minimum absolute atomic E-state index is 0.0721. The Morgan fingerprint density at radius 1 is 1.08 bits per heavy atom. The van der Waals surface area contributed by atoms with Crippen molar-refractivity contribution in [2.45, 2.75) is 17.9 Å². The molecule has 1 atom stereocenters. The molecule has 0 saturated carbocycles. The minimum Gasteiger partial charge on any atom is -0.497 e. The van der Waals surface area contributed by atoms with E-state index in [-0.39, 0.29) is 11.2 Å². The SMILES string of the molecule is COc1cccc(CSC(C)c2nc(N)nc(Nc3ccccc3)n2)c1. The van der Waals surface area contributed by atoms with E-state index in [1.807, 2.05) is 48.5 Å². The fourth-order valence-corrected chi connectivity index (χ4v) is 3.23. The number of methoxy groups -OCH3 is 1. The molecular weight excluding hydrogens is 346 g/mol. The van der Waals surface area contributed by atoms with Gasteiger partial charge in [-0.2, -0.15) is 15.0 Å². The Morgan fingerprint density at radius 2 is 1.88 bits per heavy atom. The van der Waals surface area contributed by atoms with Crippen molar-refractivity contribution in [3.63, 3.8) is 0 Å². The van der Waals surface area contributed by atoms with Crippen LogP contribution in [0.5, 0.6) is 5.75 Å². The number of thioether (sulfide) groups is 1. The molecule has 134 valence electrons. The molecular formula is C19H21N5OS. The standard InChI is InChI=1S/C19H21N5OS/c1-13(26-12-14-7-6-10-16(11-14)25-2)17-22-18(20)24-19(23-17)21-15-8-4-3-5-9-15/h3-11,13H,12H2,1-2H3,(H3,20,21,22,23,24). The van der Waals surface area contributed by atoms with Crippen molar-refractivity contribution < 1.29 is 4.74 Å². The molecule has 0 aliphatic carbocycles. The van der Waals surface area contributed by atoms with Crippen molar-refractivity contribution in [1.29, 1.82) is 0 Å². The number of nitrogens with one attached hydrogen (secondary N) is 1. The first-order valence-corrected chi connectivity index (χ1v) is 9.27. The summed E-state index contributed by atoms with van der Waals surface area (Å²) >= 11 is 1.73. The normalized spacial score (nSPS) is 11.8. The molecule has 3 rings (SSSR count). The van der Waals surface area contributed by atoms with Gasteiger partial charge >= 0.3 is 0 Å². The summed E-state index contributed by atoms with van der Waals surface area (Å²) in [6, 6.07) is 17.8. The third-order valence-electron chi connectivity index (χ3n) is 3.70. The maximum absolute atomic E-state index is 5.87. The van der Waals surface area contributed by atoms with Gasteiger partial charge in [-0.1, -0.05) is 30.3 Å². The van der Waals surface area contributed by atoms with Gasteiger partial charge in [-0.25, -0.2) is 0 Å². The number of benzene rings is 2. The van der Waals surface area contributed by atoms with Crippen molar-refractivity contribution in [1.82, 2.24) is 15.0 Å². The molecule has 7 heteroatoms. The average Bonchev–Trinajstić information content (AvgIpc) is 2.66. The van der Waals surface area contributed by atoms with Crippen molar-refractivity contribution in [3.8, 4) is 5.75 Å². The van der Waals surface area contributed by atoms with Crippen LogP contribution < -0.4 is 15.8 Å². The fraction of sp³-hybridized carbons (Fsp3) is 0.211. The van der Waals surface area contributed by atoms with Crippen LogP contribution in [0.3, 0.4) is 0 Å². The highest BCUT2D eigenvalue weighted by atomic mass is 32.2. The van der Waals surface area contributed by atoms with Gasteiger partial charge in [0.2, 0.25) is 11.9 Å². The highest BCUT2D eigenvalue weighted by Gasteiger charge is 2.13. The van der Waals surface area contributed by atoms with Gasteiger partial charge < -0.3 is 15.8 Å². The first kappa shape index (κ1) is 18.0. The van der Waals surface area contributed by atoms with Crippen molar-refractivity contribution in [2.75, 3.05) is 18.2 Å². The number of nitrogens with zero attached hydrogens (tertiary/aromatic N) is 3. The van der Waals surface area contributed by atoms with Crippen molar-refractivity contribution in [2.24, 2.45) is 0 Å². The summed E-state index contributed by atoms with van der Waals surface area (Å²) in [6.45, 7) is 2.06. The second kappa shape index (κ2) is 8.53. The zero-order chi connectivity index (χ0) is 18.4. The molecule has 26 heavy (non-hydrogen) atoms. The van der Waals surface area contributed by atoms with Gasteiger partial charge in [-0.15, -0.1) is 11.8 Å². The van der Waals surface area contributed by atoms with E-state index in [1.54, 1.807) is 18.9 Å². The number of ether oxygens (including phenoxy) is 1. The number of anilines is 3. The second-order valence-electron chi connectivity index (χ2n) is 5.67.